The average molecular weight is 359 g/mol. The Morgan fingerprint density at radius 3 is 2.42 bits per heavy atom. The number of rotatable bonds is 5. The molecule has 3 rings (SSSR count). The van der Waals surface area contributed by atoms with Crippen molar-refractivity contribution in [3.05, 3.63) is 29.8 Å². The number of likely N-dealkylation sites (tertiary alicyclic amines) is 1. The van der Waals surface area contributed by atoms with E-state index in [0.29, 0.717) is 12.3 Å². The molecule has 1 aromatic carbocycles. The lowest BCUT2D eigenvalue weighted by molar-refractivity contribution is -0.132. The van der Waals surface area contributed by atoms with E-state index >= 15 is 0 Å². The van der Waals surface area contributed by atoms with E-state index in [1.165, 1.54) is 25.2 Å². The maximum atomic E-state index is 12.8. The molecule has 0 aliphatic carbocycles. The molecule has 2 aliphatic heterocycles. The Morgan fingerprint density at radius 2 is 1.77 bits per heavy atom. The summed E-state index contributed by atoms with van der Waals surface area (Å²) >= 11 is 0. The fourth-order valence-electron chi connectivity index (χ4n) is 4.03. The van der Waals surface area contributed by atoms with E-state index in [-0.39, 0.29) is 5.91 Å². The van der Waals surface area contributed by atoms with Crippen molar-refractivity contribution < 1.29 is 4.79 Å². The predicted octanol–water partition coefficient (Wildman–Crippen LogP) is 1.78. The number of amides is 1. The van der Waals surface area contributed by atoms with Gasteiger partial charge in [-0.1, -0.05) is 12.1 Å². The van der Waals surface area contributed by atoms with Crippen LogP contribution in [0.5, 0.6) is 0 Å². The normalized spacial score (nSPS) is 22.4. The van der Waals surface area contributed by atoms with E-state index in [1.54, 1.807) is 0 Å². The van der Waals surface area contributed by atoms with Gasteiger partial charge in [0, 0.05) is 65.6 Å². The largest absolute Gasteiger partial charge is 0.378 e. The van der Waals surface area contributed by atoms with Gasteiger partial charge in [-0.2, -0.15) is 0 Å². The van der Waals surface area contributed by atoms with Crippen molar-refractivity contribution in [3.8, 4) is 0 Å². The zero-order valence-electron chi connectivity index (χ0n) is 16.7. The number of benzene rings is 1. The first kappa shape index (κ1) is 19.2. The molecule has 0 saturated carbocycles. The van der Waals surface area contributed by atoms with Crippen molar-refractivity contribution in [2.24, 2.45) is 5.92 Å². The van der Waals surface area contributed by atoms with E-state index in [2.05, 4.69) is 50.9 Å². The van der Waals surface area contributed by atoms with Gasteiger partial charge >= 0.3 is 0 Å². The molecule has 5 heteroatoms. The van der Waals surface area contributed by atoms with Gasteiger partial charge in [0.2, 0.25) is 5.91 Å². The lowest BCUT2D eigenvalue weighted by Gasteiger charge is -2.38. The summed E-state index contributed by atoms with van der Waals surface area (Å²) in [6, 6.07) is 8.35. The first-order chi connectivity index (χ1) is 12.5. The summed E-state index contributed by atoms with van der Waals surface area (Å²) in [4.78, 5) is 21.9. The van der Waals surface area contributed by atoms with E-state index in [9.17, 15) is 4.79 Å². The van der Waals surface area contributed by atoms with Crippen LogP contribution in [0.2, 0.25) is 0 Å². The Labute approximate surface area is 158 Å². The monoisotopic (exact) mass is 358 g/mol. The van der Waals surface area contributed by atoms with Gasteiger partial charge < -0.3 is 19.6 Å². The highest BCUT2D eigenvalue weighted by atomic mass is 16.2. The molecule has 2 aliphatic rings. The molecule has 1 amide bonds. The fourth-order valence-corrected chi connectivity index (χ4v) is 4.03. The van der Waals surface area contributed by atoms with Crippen LogP contribution in [0.1, 0.15) is 18.4 Å². The number of hydrogen-bond acceptors (Lipinski definition) is 4. The molecule has 5 nitrogen and oxygen atoms in total. The quantitative estimate of drug-likeness (QED) is 0.803. The van der Waals surface area contributed by atoms with E-state index in [4.69, 9.17) is 0 Å². The molecular weight excluding hydrogens is 324 g/mol. The Balaban J connectivity index is 1.49. The number of piperidine rings is 1. The van der Waals surface area contributed by atoms with Gasteiger partial charge in [-0.15, -0.1) is 0 Å². The highest BCUT2D eigenvalue weighted by Gasteiger charge is 2.26. The zero-order valence-corrected chi connectivity index (χ0v) is 16.7. The summed E-state index contributed by atoms with van der Waals surface area (Å²) < 4.78 is 0. The third-order valence-electron chi connectivity index (χ3n) is 5.79. The van der Waals surface area contributed by atoms with Gasteiger partial charge in [0.15, 0.2) is 0 Å². The number of likely N-dealkylation sites (N-methyl/N-ethyl adjacent to an activating group) is 1. The SMILES string of the molecule is CN1CCN(C[C@@H]2CCCN(C(=O)Cc3ccc(N(C)C)cc3)C2)CC1. The molecule has 144 valence electrons. The third kappa shape index (κ3) is 5.21. The van der Waals surface area contributed by atoms with Gasteiger partial charge in [0.05, 0.1) is 6.42 Å². The van der Waals surface area contributed by atoms with Crippen LogP contribution in [0.3, 0.4) is 0 Å². The zero-order chi connectivity index (χ0) is 18.5. The van der Waals surface area contributed by atoms with E-state index < -0.39 is 0 Å². The second kappa shape index (κ2) is 8.87. The summed E-state index contributed by atoms with van der Waals surface area (Å²) in [5.41, 5.74) is 2.29. The minimum absolute atomic E-state index is 0.283. The predicted molar refractivity (Wildman–Crippen MR) is 108 cm³/mol. The second-order valence-corrected chi connectivity index (χ2v) is 8.19. The molecule has 0 N–H and O–H groups in total. The van der Waals surface area contributed by atoms with Crippen molar-refractivity contribution in [1.29, 1.82) is 0 Å². The minimum atomic E-state index is 0.283. The fraction of sp³-hybridized carbons (Fsp3) is 0.667. The number of hydrogen-bond donors (Lipinski definition) is 0. The lowest BCUT2D eigenvalue weighted by Crippen LogP contribution is -2.49. The average Bonchev–Trinajstić information content (AvgIpc) is 2.64. The Morgan fingerprint density at radius 1 is 1.08 bits per heavy atom. The summed E-state index contributed by atoms with van der Waals surface area (Å²) in [5, 5.41) is 0. The van der Waals surface area contributed by atoms with E-state index in [0.717, 1.165) is 44.7 Å². The Bertz CT molecular complexity index is 578. The maximum Gasteiger partial charge on any atom is 0.226 e. The maximum absolute atomic E-state index is 12.8. The first-order valence-corrected chi connectivity index (χ1v) is 9.96. The summed E-state index contributed by atoms with van der Waals surface area (Å²) in [7, 11) is 6.27. The van der Waals surface area contributed by atoms with Crippen molar-refractivity contribution in [1.82, 2.24) is 14.7 Å². The van der Waals surface area contributed by atoms with Gasteiger partial charge in [0.25, 0.3) is 0 Å². The van der Waals surface area contributed by atoms with Crippen molar-refractivity contribution >= 4 is 11.6 Å². The van der Waals surface area contributed by atoms with Gasteiger partial charge in [0.1, 0.15) is 0 Å². The summed E-state index contributed by atoms with van der Waals surface area (Å²) in [6.07, 6.45) is 2.92. The van der Waals surface area contributed by atoms with Crippen LogP contribution in [0, 0.1) is 5.92 Å². The molecule has 26 heavy (non-hydrogen) atoms. The number of carbonyl (C=O) groups excluding carboxylic acids is 1. The van der Waals surface area contributed by atoms with Crippen LogP contribution in [-0.2, 0) is 11.2 Å². The summed E-state index contributed by atoms with van der Waals surface area (Å²) in [5.74, 6) is 0.915. The molecule has 2 fully saturated rings. The van der Waals surface area contributed by atoms with Gasteiger partial charge in [-0.3, -0.25) is 4.79 Å². The van der Waals surface area contributed by atoms with Gasteiger partial charge in [-0.25, -0.2) is 0 Å². The molecule has 0 spiro atoms. The van der Waals surface area contributed by atoms with E-state index in [1.807, 2.05) is 14.1 Å². The van der Waals surface area contributed by atoms with Crippen molar-refractivity contribution in [2.45, 2.75) is 19.3 Å². The van der Waals surface area contributed by atoms with Gasteiger partial charge in [-0.05, 0) is 43.5 Å². The molecule has 1 atom stereocenters. The summed E-state index contributed by atoms with van der Waals surface area (Å²) in [6.45, 7) is 7.67. The molecule has 2 heterocycles. The molecule has 0 bridgehead atoms. The first-order valence-electron chi connectivity index (χ1n) is 9.96. The van der Waals surface area contributed by atoms with Crippen LogP contribution in [0.15, 0.2) is 24.3 Å². The Hall–Kier alpha value is -1.59. The third-order valence-corrected chi connectivity index (χ3v) is 5.79. The topological polar surface area (TPSA) is 30.0 Å². The smallest absolute Gasteiger partial charge is 0.226 e. The minimum Gasteiger partial charge on any atom is -0.378 e. The Kier molecular flexibility index (Phi) is 6.54. The van der Waals surface area contributed by atoms with Crippen LogP contribution in [-0.4, -0.2) is 87.6 Å². The molecule has 2 saturated heterocycles. The second-order valence-electron chi connectivity index (χ2n) is 8.19. The van der Waals surface area contributed by atoms with Crippen LogP contribution < -0.4 is 4.90 Å². The van der Waals surface area contributed by atoms with Crippen LogP contribution in [0.25, 0.3) is 0 Å². The van der Waals surface area contributed by atoms with Crippen LogP contribution in [0.4, 0.5) is 5.69 Å². The molecule has 0 radical (unpaired) electrons. The number of nitrogens with zero attached hydrogens (tertiary/aromatic N) is 4. The standard InChI is InChI=1S/C21H34N4O/c1-22(2)20-8-6-18(7-9-20)15-21(26)25-10-4-5-19(17-25)16-24-13-11-23(3)12-14-24/h6-9,19H,4-5,10-17H2,1-3H3/t19-/m0/s1. The van der Waals surface area contributed by atoms with Crippen molar-refractivity contribution in [2.75, 3.05) is 71.9 Å². The number of anilines is 1. The van der Waals surface area contributed by atoms with Crippen molar-refractivity contribution in [3.63, 3.8) is 0 Å². The lowest BCUT2D eigenvalue weighted by atomic mass is 9.96. The highest BCUT2D eigenvalue weighted by Crippen LogP contribution is 2.20. The highest BCUT2D eigenvalue weighted by molar-refractivity contribution is 5.79. The number of carbonyl (C=O) groups is 1. The molecule has 0 unspecified atom stereocenters. The molecular formula is C21H34N4O. The van der Waals surface area contributed by atoms with Crippen LogP contribution >= 0.6 is 0 Å². The molecule has 0 aromatic heterocycles. The number of piperazine rings is 1. The molecule has 1 aromatic rings.